The first kappa shape index (κ1) is 22.2. The fraction of sp³-hybridized carbons (Fsp3) is 0.545. The second-order valence-corrected chi connectivity index (χ2v) is 10.2. The summed E-state index contributed by atoms with van der Waals surface area (Å²) in [4.78, 5) is 13.5. The van der Waals surface area contributed by atoms with Gasteiger partial charge in [-0.15, -0.1) is 11.3 Å². The van der Waals surface area contributed by atoms with Gasteiger partial charge in [-0.1, -0.05) is 12.8 Å². The molecule has 0 aromatic carbocycles. The Kier molecular flexibility index (Phi) is 5.98. The van der Waals surface area contributed by atoms with Gasteiger partial charge in [-0.3, -0.25) is 8.87 Å². The molecule has 3 aromatic heterocycles. The second kappa shape index (κ2) is 8.62. The first-order chi connectivity index (χ1) is 15.3. The third-order valence-corrected chi connectivity index (χ3v) is 8.07. The Hall–Kier alpha value is -1.62. The molecule has 0 amide bonds. The van der Waals surface area contributed by atoms with E-state index in [0.717, 1.165) is 66.7 Å². The van der Waals surface area contributed by atoms with Gasteiger partial charge in [0, 0.05) is 60.9 Å². The Morgan fingerprint density at radius 3 is 2.47 bits per heavy atom. The quantitative estimate of drug-likeness (QED) is 0.526. The molecule has 10 heteroatoms. The van der Waals surface area contributed by atoms with E-state index in [1.54, 1.807) is 10.2 Å². The second-order valence-electron chi connectivity index (χ2n) is 8.91. The normalized spacial score (nSPS) is 23.8. The maximum Gasteiger partial charge on any atom is 0.434 e. The number of hydrogen-bond donors (Lipinski definition) is 1. The van der Waals surface area contributed by atoms with Gasteiger partial charge in [0.1, 0.15) is 10.7 Å². The Morgan fingerprint density at radius 1 is 1.09 bits per heavy atom. The van der Waals surface area contributed by atoms with E-state index in [4.69, 9.17) is 0 Å². The van der Waals surface area contributed by atoms with Crippen molar-refractivity contribution in [2.45, 2.75) is 43.8 Å². The lowest BCUT2D eigenvalue weighted by Crippen LogP contribution is -2.49. The number of piperazine rings is 1. The molecule has 1 saturated heterocycles. The zero-order valence-electron chi connectivity index (χ0n) is 17.8. The van der Waals surface area contributed by atoms with Gasteiger partial charge >= 0.3 is 6.18 Å². The summed E-state index contributed by atoms with van der Waals surface area (Å²) in [5, 5.41) is 2.21. The van der Waals surface area contributed by atoms with Crippen LogP contribution in [0, 0.1) is 0 Å². The molecular formula is C22H26F3N5S2. The average Bonchev–Trinajstić information content (AvgIpc) is 3.39. The van der Waals surface area contributed by atoms with Gasteiger partial charge in [0.15, 0.2) is 5.69 Å². The standard InChI is InChI=1S/C22H26F3N5S2/c1-28-6-8-29(9-7-28)16-4-2-14(3-5-16)15-10-17-18(12-30(31)20(17)26-11-15)21-27-19(13-32-21)22(23,24)25/h10-14,16,31H,2-9H2,1H3. The molecule has 2 fully saturated rings. The van der Waals surface area contributed by atoms with E-state index in [-0.39, 0.29) is 0 Å². The topological polar surface area (TPSA) is 37.2 Å². The van der Waals surface area contributed by atoms with Gasteiger partial charge in [-0.05, 0) is 50.3 Å². The lowest BCUT2D eigenvalue weighted by molar-refractivity contribution is -0.140. The molecule has 5 rings (SSSR count). The molecule has 0 unspecified atom stereocenters. The third-order valence-electron chi connectivity index (χ3n) is 6.89. The predicted octanol–water partition coefficient (Wildman–Crippen LogP) is 5.15. The monoisotopic (exact) mass is 481 g/mol. The van der Waals surface area contributed by atoms with Gasteiger partial charge in [0.05, 0.1) is 0 Å². The smallest absolute Gasteiger partial charge is 0.304 e. The first-order valence-corrected chi connectivity index (χ1v) is 12.2. The zero-order valence-corrected chi connectivity index (χ0v) is 19.6. The molecule has 1 aliphatic carbocycles. The van der Waals surface area contributed by atoms with Crippen LogP contribution < -0.4 is 0 Å². The van der Waals surface area contributed by atoms with Crippen molar-refractivity contribution in [3.8, 4) is 10.6 Å². The van der Waals surface area contributed by atoms with Crippen LogP contribution in [-0.2, 0) is 6.18 Å². The van der Waals surface area contributed by atoms with Crippen LogP contribution in [0.4, 0.5) is 13.2 Å². The van der Waals surface area contributed by atoms with Crippen LogP contribution in [0.5, 0.6) is 0 Å². The summed E-state index contributed by atoms with van der Waals surface area (Å²) in [5.41, 5.74) is 1.59. The number of halogens is 3. The first-order valence-electron chi connectivity index (χ1n) is 11.0. The van der Waals surface area contributed by atoms with Crippen LogP contribution >= 0.6 is 24.2 Å². The summed E-state index contributed by atoms with van der Waals surface area (Å²) in [6, 6.07) is 2.74. The highest BCUT2D eigenvalue weighted by atomic mass is 32.1. The highest BCUT2D eigenvalue weighted by Crippen LogP contribution is 2.40. The molecule has 172 valence electrons. The van der Waals surface area contributed by atoms with Gasteiger partial charge in [0.25, 0.3) is 0 Å². The van der Waals surface area contributed by atoms with Crippen molar-refractivity contribution in [3.05, 3.63) is 35.1 Å². The largest absolute Gasteiger partial charge is 0.434 e. The summed E-state index contributed by atoms with van der Waals surface area (Å²) in [7, 11) is 2.18. The van der Waals surface area contributed by atoms with Gasteiger partial charge in [-0.2, -0.15) is 13.2 Å². The SMILES string of the molecule is CN1CCN(C2CCC(c3cnc4c(c3)c(-c3nc(C(F)(F)F)cs3)cn4S)CC2)CC1. The predicted molar refractivity (Wildman–Crippen MR) is 124 cm³/mol. The highest BCUT2D eigenvalue weighted by molar-refractivity contribution is 7.78. The average molecular weight is 482 g/mol. The number of aromatic nitrogens is 3. The minimum Gasteiger partial charge on any atom is -0.304 e. The number of likely N-dealkylation sites (N-methyl/N-ethyl adjacent to an activating group) is 1. The Labute approximate surface area is 194 Å². The highest BCUT2D eigenvalue weighted by Gasteiger charge is 2.34. The number of fused-ring (bicyclic) bond motifs is 1. The van der Waals surface area contributed by atoms with Crippen LogP contribution in [-0.4, -0.2) is 63.0 Å². The molecule has 3 aromatic rings. The number of alkyl halides is 3. The van der Waals surface area contributed by atoms with E-state index in [0.29, 0.717) is 28.2 Å². The van der Waals surface area contributed by atoms with Crippen molar-refractivity contribution >= 4 is 35.2 Å². The van der Waals surface area contributed by atoms with Crippen LogP contribution in [0.2, 0.25) is 0 Å². The van der Waals surface area contributed by atoms with E-state index in [9.17, 15) is 13.2 Å². The lowest BCUT2D eigenvalue weighted by Gasteiger charge is -2.41. The molecule has 4 heterocycles. The molecule has 1 aliphatic heterocycles. The molecule has 0 atom stereocenters. The number of thiazole rings is 1. The molecule has 0 radical (unpaired) electrons. The fourth-order valence-electron chi connectivity index (χ4n) is 4.99. The molecule has 0 bridgehead atoms. The van der Waals surface area contributed by atoms with Crippen molar-refractivity contribution in [2.24, 2.45) is 0 Å². The zero-order chi connectivity index (χ0) is 22.5. The minimum atomic E-state index is -4.44. The third kappa shape index (κ3) is 4.30. The van der Waals surface area contributed by atoms with Crippen molar-refractivity contribution in [2.75, 3.05) is 33.2 Å². The van der Waals surface area contributed by atoms with E-state index in [2.05, 4.69) is 45.7 Å². The van der Waals surface area contributed by atoms with Crippen LogP contribution in [0.3, 0.4) is 0 Å². The van der Waals surface area contributed by atoms with Crippen LogP contribution in [0.25, 0.3) is 21.6 Å². The summed E-state index contributed by atoms with van der Waals surface area (Å²) < 4.78 is 40.7. The number of pyridine rings is 1. The van der Waals surface area contributed by atoms with Crippen molar-refractivity contribution in [3.63, 3.8) is 0 Å². The van der Waals surface area contributed by atoms with Gasteiger partial charge in [0.2, 0.25) is 0 Å². The Morgan fingerprint density at radius 2 is 1.81 bits per heavy atom. The maximum absolute atomic E-state index is 13.0. The van der Waals surface area contributed by atoms with Crippen LogP contribution in [0.15, 0.2) is 23.8 Å². The van der Waals surface area contributed by atoms with E-state index < -0.39 is 11.9 Å². The number of rotatable bonds is 3. The summed E-state index contributed by atoms with van der Waals surface area (Å²) in [6.45, 7) is 4.56. The minimum absolute atomic E-state index is 0.341. The van der Waals surface area contributed by atoms with E-state index in [1.165, 1.54) is 12.8 Å². The molecule has 1 saturated carbocycles. The molecule has 0 spiro atoms. The summed E-state index contributed by atoms with van der Waals surface area (Å²) >= 11 is 5.42. The lowest BCUT2D eigenvalue weighted by atomic mass is 9.81. The van der Waals surface area contributed by atoms with Crippen molar-refractivity contribution in [1.82, 2.24) is 23.7 Å². The molecule has 32 heavy (non-hydrogen) atoms. The Balaban J connectivity index is 1.36. The van der Waals surface area contributed by atoms with Crippen LogP contribution in [0.1, 0.15) is 42.9 Å². The maximum atomic E-state index is 13.0. The summed E-state index contributed by atoms with van der Waals surface area (Å²) in [6.07, 6.45) is 3.73. The number of nitrogens with zero attached hydrogens (tertiary/aromatic N) is 5. The number of thiol groups is 1. The molecular weight excluding hydrogens is 455 g/mol. The molecule has 0 N–H and O–H groups in total. The van der Waals surface area contributed by atoms with E-state index >= 15 is 0 Å². The molecule has 5 nitrogen and oxygen atoms in total. The van der Waals surface area contributed by atoms with Crippen molar-refractivity contribution < 1.29 is 13.2 Å². The number of hydrogen-bond acceptors (Lipinski definition) is 6. The van der Waals surface area contributed by atoms with Crippen molar-refractivity contribution in [1.29, 1.82) is 0 Å². The van der Waals surface area contributed by atoms with E-state index in [1.807, 2.05) is 6.20 Å². The van der Waals surface area contributed by atoms with Gasteiger partial charge < -0.3 is 4.90 Å². The van der Waals surface area contributed by atoms with Gasteiger partial charge in [-0.25, -0.2) is 9.97 Å². The summed E-state index contributed by atoms with van der Waals surface area (Å²) in [5.74, 6) is 0.425. The Bertz CT molecular complexity index is 1090. The fourth-order valence-corrected chi connectivity index (χ4v) is 6.12. The molecule has 2 aliphatic rings.